The van der Waals surface area contributed by atoms with Crippen molar-refractivity contribution in [3.63, 3.8) is 0 Å². The predicted molar refractivity (Wildman–Crippen MR) is 106 cm³/mol. The molecular formula is C19H23ClN2O3S. The average Bonchev–Trinajstić information content (AvgIpc) is 2.57. The topological polar surface area (TPSA) is 57.7 Å². The molecule has 0 N–H and O–H groups in total. The molecule has 2 aromatic carbocycles. The maximum absolute atomic E-state index is 13.2. The molecule has 1 atom stereocenters. The van der Waals surface area contributed by atoms with Gasteiger partial charge >= 0.3 is 0 Å². The van der Waals surface area contributed by atoms with Gasteiger partial charge in [-0.1, -0.05) is 29.8 Å². The van der Waals surface area contributed by atoms with Gasteiger partial charge in [0, 0.05) is 18.7 Å². The standard InChI is InChI=1S/C19H22N2O3S.ClH/c1-14-8-10-16(11-9-14)25(23,24)21-13-15(12-20(2)3)19(22)17-6-4-5-7-18(17)21;/h4-11,15H,12-13H2,1-3H3;1H. The second-order valence-corrected chi connectivity index (χ2v) is 8.55. The summed E-state index contributed by atoms with van der Waals surface area (Å²) >= 11 is 0. The van der Waals surface area contributed by atoms with Crippen LogP contribution in [0.2, 0.25) is 0 Å². The van der Waals surface area contributed by atoms with Gasteiger partial charge in [0.15, 0.2) is 5.78 Å². The monoisotopic (exact) mass is 394 g/mol. The lowest BCUT2D eigenvalue weighted by atomic mass is 9.92. The molecule has 0 radical (unpaired) electrons. The number of halogens is 1. The third kappa shape index (κ3) is 3.77. The van der Waals surface area contributed by atoms with Crippen molar-refractivity contribution in [1.82, 2.24) is 4.90 Å². The fourth-order valence-corrected chi connectivity index (χ4v) is 4.68. The number of ketones is 1. The number of carbonyl (C=O) groups excluding carboxylic acids is 1. The van der Waals surface area contributed by atoms with E-state index >= 15 is 0 Å². The van der Waals surface area contributed by atoms with Crippen LogP contribution in [0, 0.1) is 12.8 Å². The Bertz CT molecular complexity index is 895. The lowest BCUT2D eigenvalue weighted by molar-refractivity contribution is 0.0897. The molecule has 0 spiro atoms. The van der Waals surface area contributed by atoms with Crippen molar-refractivity contribution < 1.29 is 13.2 Å². The van der Waals surface area contributed by atoms with Crippen molar-refractivity contribution in [1.29, 1.82) is 0 Å². The molecule has 26 heavy (non-hydrogen) atoms. The average molecular weight is 395 g/mol. The van der Waals surface area contributed by atoms with Gasteiger partial charge in [0.1, 0.15) is 0 Å². The number of rotatable bonds is 4. The second-order valence-electron chi connectivity index (χ2n) is 6.69. The van der Waals surface area contributed by atoms with Crippen molar-refractivity contribution in [3.8, 4) is 0 Å². The Balaban J connectivity index is 0.00000243. The summed E-state index contributed by atoms with van der Waals surface area (Å²) in [6.45, 7) is 2.58. The van der Waals surface area contributed by atoms with E-state index in [9.17, 15) is 13.2 Å². The minimum absolute atomic E-state index is 0. The molecule has 1 unspecified atom stereocenters. The molecule has 1 aliphatic heterocycles. The molecule has 3 rings (SSSR count). The molecule has 1 heterocycles. The van der Waals surface area contributed by atoms with Gasteiger partial charge in [-0.15, -0.1) is 12.4 Å². The van der Waals surface area contributed by atoms with E-state index in [-0.39, 0.29) is 35.5 Å². The van der Waals surface area contributed by atoms with Crippen molar-refractivity contribution in [2.75, 3.05) is 31.5 Å². The summed E-state index contributed by atoms with van der Waals surface area (Å²) in [7, 11) is 0.0414. The Morgan fingerprint density at radius 1 is 1.08 bits per heavy atom. The number of sulfonamides is 1. The molecule has 1 aliphatic rings. The Labute approximate surface area is 161 Å². The minimum Gasteiger partial charge on any atom is -0.309 e. The van der Waals surface area contributed by atoms with Gasteiger partial charge in [-0.3, -0.25) is 9.10 Å². The first kappa shape index (κ1) is 20.4. The molecule has 0 aliphatic carbocycles. The molecule has 0 amide bonds. The maximum Gasteiger partial charge on any atom is 0.264 e. The van der Waals surface area contributed by atoms with Crippen LogP contribution in [0.15, 0.2) is 53.4 Å². The van der Waals surface area contributed by atoms with Gasteiger partial charge < -0.3 is 4.90 Å². The summed E-state index contributed by atoms with van der Waals surface area (Å²) in [6.07, 6.45) is 0. The van der Waals surface area contributed by atoms with E-state index in [0.717, 1.165) is 5.56 Å². The van der Waals surface area contributed by atoms with Gasteiger partial charge in [0.2, 0.25) is 0 Å². The van der Waals surface area contributed by atoms with E-state index in [0.29, 0.717) is 17.8 Å². The fraction of sp³-hybridized carbons (Fsp3) is 0.316. The first-order valence-electron chi connectivity index (χ1n) is 8.18. The lowest BCUT2D eigenvalue weighted by Crippen LogP contribution is -2.46. The summed E-state index contributed by atoms with van der Waals surface area (Å²) in [5, 5.41) is 0. The minimum atomic E-state index is -3.72. The van der Waals surface area contributed by atoms with Crippen molar-refractivity contribution in [2.45, 2.75) is 11.8 Å². The normalized spacial score (nSPS) is 17.0. The molecule has 0 saturated carbocycles. The van der Waals surface area contributed by atoms with Crippen LogP contribution >= 0.6 is 12.4 Å². The van der Waals surface area contributed by atoms with E-state index in [1.54, 1.807) is 48.5 Å². The van der Waals surface area contributed by atoms with Crippen LogP contribution < -0.4 is 4.31 Å². The zero-order chi connectivity index (χ0) is 18.2. The first-order chi connectivity index (χ1) is 11.8. The Hall–Kier alpha value is -1.89. The molecule has 0 saturated heterocycles. The molecule has 5 nitrogen and oxygen atoms in total. The fourth-order valence-electron chi connectivity index (χ4n) is 3.15. The summed E-state index contributed by atoms with van der Waals surface area (Å²) in [5.74, 6) is -0.384. The number of aryl methyl sites for hydroxylation is 1. The molecule has 0 fully saturated rings. The van der Waals surface area contributed by atoms with Crippen LogP contribution in [0.5, 0.6) is 0 Å². The highest BCUT2D eigenvalue weighted by atomic mass is 35.5. The van der Waals surface area contributed by atoms with Gasteiger partial charge in [-0.2, -0.15) is 0 Å². The van der Waals surface area contributed by atoms with Crippen molar-refractivity contribution in [2.24, 2.45) is 5.92 Å². The van der Waals surface area contributed by atoms with Gasteiger partial charge in [0.05, 0.1) is 16.5 Å². The van der Waals surface area contributed by atoms with Gasteiger partial charge in [-0.25, -0.2) is 8.42 Å². The number of hydrogen-bond donors (Lipinski definition) is 0. The number of benzene rings is 2. The Kier molecular flexibility index (Phi) is 6.11. The van der Waals surface area contributed by atoms with Crippen LogP contribution in [0.25, 0.3) is 0 Å². The van der Waals surface area contributed by atoms with Crippen molar-refractivity contribution >= 4 is 33.9 Å². The molecule has 2 aromatic rings. The second kappa shape index (κ2) is 7.78. The zero-order valence-electron chi connectivity index (χ0n) is 15.0. The molecular weight excluding hydrogens is 372 g/mol. The van der Waals surface area contributed by atoms with Gasteiger partial charge in [0.25, 0.3) is 10.0 Å². The van der Waals surface area contributed by atoms with Crippen LogP contribution in [0.4, 0.5) is 5.69 Å². The van der Waals surface area contributed by atoms with Crippen LogP contribution in [-0.4, -0.2) is 46.3 Å². The third-order valence-electron chi connectivity index (χ3n) is 4.39. The van der Waals surface area contributed by atoms with Crippen LogP contribution in [0.3, 0.4) is 0 Å². The third-order valence-corrected chi connectivity index (χ3v) is 6.18. The largest absolute Gasteiger partial charge is 0.309 e. The molecule has 0 bridgehead atoms. The zero-order valence-corrected chi connectivity index (χ0v) is 16.7. The quantitative estimate of drug-likeness (QED) is 0.799. The number of carbonyl (C=O) groups is 1. The van der Waals surface area contributed by atoms with E-state index in [2.05, 4.69) is 0 Å². The smallest absolute Gasteiger partial charge is 0.264 e. The number of Topliss-reactive ketones (excluding diaryl/α,β-unsaturated/α-hetero) is 1. The van der Waals surface area contributed by atoms with E-state index < -0.39 is 10.0 Å². The maximum atomic E-state index is 13.2. The van der Waals surface area contributed by atoms with Crippen molar-refractivity contribution in [3.05, 3.63) is 59.7 Å². The van der Waals surface area contributed by atoms with E-state index in [1.165, 1.54) is 4.31 Å². The van der Waals surface area contributed by atoms with E-state index in [1.807, 2.05) is 25.9 Å². The summed E-state index contributed by atoms with van der Waals surface area (Å²) < 4.78 is 27.8. The highest BCUT2D eigenvalue weighted by Crippen LogP contribution is 2.34. The number of hydrogen-bond acceptors (Lipinski definition) is 4. The number of fused-ring (bicyclic) bond motifs is 1. The summed E-state index contributed by atoms with van der Waals surface area (Å²) in [4.78, 5) is 14.9. The number of anilines is 1. The molecule has 0 aromatic heterocycles. The Morgan fingerprint density at radius 2 is 1.69 bits per heavy atom. The van der Waals surface area contributed by atoms with Crippen LogP contribution in [-0.2, 0) is 10.0 Å². The van der Waals surface area contributed by atoms with Crippen LogP contribution in [0.1, 0.15) is 15.9 Å². The SMILES string of the molecule is Cc1ccc(S(=O)(=O)N2CC(CN(C)C)C(=O)c3ccccc32)cc1.Cl. The molecule has 7 heteroatoms. The van der Waals surface area contributed by atoms with Gasteiger partial charge in [-0.05, 0) is 45.3 Å². The highest BCUT2D eigenvalue weighted by molar-refractivity contribution is 7.92. The number of nitrogens with zero attached hydrogens (tertiary/aromatic N) is 2. The highest BCUT2D eigenvalue weighted by Gasteiger charge is 2.37. The summed E-state index contributed by atoms with van der Waals surface area (Å²) in [6, 6.07) is 13.7. The predicted octanol–water partition coefficient (Wildman–Crippen LogP) is 2.99. The first-order valence-corrected chi connectivity index (χ1v) is 9.62. The molecule has 140 valence electrons. The lowest BCUT2D eigenvalue weighted by Gasteiger charge is -2.35. The van der Waals surface area contributed by atoms with E-state index in [4.69, 9.17) is 0 Å². The summed E-state index contributed by atoms with van der Waals surface area (Å²) in [5.41, 5.74) is 1.93. The Morgan fingerprint density at radius 3 is 2.31 bits per heavy atom. The number of para-hydroxylation sites is 1.